The number of amides is 4. The molecule has 0 bridgehead atoms. The minimum Gasteiger partial charge on any atom is -0.508 e. The first-order valence-corrected chi connectivity index (χ1v) is 13.3. The number of carbonyl (C=O) groups excluding carboxylic acids is 4. The number of phenolic OH excluding ortho intramolecular Hbond substituents is 1. The first kappa shape index (κ1) is 30.9. The number of nitrogens with two attached hydrogens (primary N) is 1. The number of primary amides is 1. The van der Waals surface area contributed by atoms with Crippen LogP contribution in [0.5, 0.6) is 5.75 Å². The highest BCUT2D eigenvalue weighted by atomic mass is 16.6. The number of alkyl carbamates (subject to hydrolysis) is 1. The largest absolute Gasteiger partial charge is 0.508 e. The Morgan fingerprint density at radius 1 is 1.05 bits per heavy atom. The minimum atomic E-state index is -1.35. The highest BCUT2D eigenvalue weighted by Crippen LogP contribution is 2.33. The molecule has 0 aliphatic heterocycles. The zero-order valence-corrected chi connectivity index (χ0v) is 23.5. The second kappa shape index (κ2) is 13.0. The molecule has 0 spiro atoms. The Balaban J connectivity index is 2.55. The van der Waals surface area contributed by atoms with Gasteiger partial charge >= 0.3 is 6.09 Å². The van der Waals surface area contributed by atoms with Crippen molar-refractivity contribution in [3.8, 4) is 5.75 Å². The molecule has 2 rings (SSSR count). The Morgan fingerprint density at radius 3 is 2.13 bits per heavy atom. The van der Waals surface area contributed by atoms with Crippen molar-refractivity contribution in [3.63, 3.8) is 0 Å². The molecule has 10 heteroatoms. The molecular formula is C28H44N4O6. The van der Waals surface area contributed by atoms with Crippen molar-refractivity contribution in [2.24, 2.45) is 5.73 Å². The van der Waals surface area contributed by atoms with Crippen molar-refractivity contribution in [2.75, 3.05) is 0 Å². The normalized spacial score (nSPS) is 16.2. The highest BCUT2D eigenvalue weighted by Gasteiger charge is 2.44. The second-order valence-corrected chi connectivity index (χ2v) is 11.6. The number of benzene rings is 1. The molecule has 1 fully saturated rings. The van der Waals surface area contributed by atoms with Crippen LogP contribution in [0.25, 0.3) is 0 Å². The van der Waals surface area contributed by atoms with E-state index in [0.717, 1.165) is 32.1 Å². The predicted octanol–water partition coefficient (Wildman–Crippen LogP) is 3.67. The van der Waals surface area contributed by atoms with E-state index in [1.54, 1.807) is 32.9 Å². The Bertz CT molecular complexity index is 980. The Labute approximate surface area is 225 Å². The van der Waals surface area contributed by atoms with Crippen LogP contribution in [0, 0.1) is 0 Å². The third-order valence-corrected chi connectivity index (χ3v) is 6.82. The molecule has 2 unspecified atom stereocenters. The topological polar surface area (TPSA) is 151 Å². The number of nitrogens with one attached hydrogen (secondary N) is 2. The summed E-state index contributed by atoms with van der Waals surface area (Å²) in [5, 5.41) is 15.5. The molecule has 0 heterocycles. The van der Waals surface area contributed by atoms with Crippen LogP contribution in [-0.2, 0) is 19.1 Å². The Hall–Kier alpha value is -3.30. The van der Waals surface area contributed by atoms with Gasteiger partial charge in [-0.05, 0) is 71.6 Å². The van der Waals surface area contributed by atoms with Crippen molar-refractivity contribution < 1.29 is 29.0 Å². The van der Waals surface area contributed by atoms with Crippen LogP contribution in [-0.4, -0.2) is 57.0 Å². The molecule has 1 saturated carbocycles. The van der Waals surface area contributed by atoms with Gasteiger partial charge < -0.3 is 31.1 Å². The molecule has 1 aliphatic carbocycles. The molecule has 212 valence electrons. The molecule has 4 amide bonds. The summed E-state index contributed by atoms with van der Waals surface area (Å²) in [6, 6.07) is 3.65. The van der Waals surface area contributed by atoms with Gasteiger partial charge in [0.1, 0.15) is 23.4 Å². The maximum absolute atomic E-state index is 14.2. The van der Waals surface area contributed by atoms with Crippen LogP contribution in [0.4, 0.5) is 4.79 Å². The first-order valence-electron chi connectivity index (χ1n) is 13.3. The zero-order chi connectivity index (χ0) is 28.7. The van der Waals surface area contributed by atoms with Gasteiger partial charge in [0, 0.05) is 11.6 Å². The monoisotopic (exact) mass is 532 g/mol. The van der Waals surface area contributed by atoms with E-state index in [0.29, 0.717) is 12.0 Å². The second-order valence-electron chi connectivity index (χ2n) is 11.6. The summed E-state index contributed by atoms with van der Waals surface area (Å²) in [6.07, 6.45) is 3.97. The summed E-state index contributed by atoms with van der Waals surface area (Å²) in [4.78, 5) is 54.0. The van der Waals surface area contributed by atoms with E-state index < -0.39 is 47.6 Å². The average molecular weight is 533 g/mol. The standard InChI is InChI=1S/C28H44N4O6/c1-7-28(5,6)32(25(36)21(17-22(29)34)31-26(37)38-27(2,3)4)23(18-13-15-20(33)16-14-18)24(35)30-19-11-9-8-10-12-19/h13-16,19,21,23,33H,7-12,17H2,1-6H3,(H2,29,34)(H,30,35)(H,31,37). The van der Waals surface area contributed by atoms with Crippen LogP contribution < -0.4 is 16.4 Å². The Kier molecular flexibility index (Phi) is 10.6. The van der Waals surface area contributed by atoms with Gasteiger partial charge in [0.25, 0.3) is 0 Å². The quantitative estimate of drug-likeness (QED) is 0.361. The van der Waals surface area contributed by atoms with Gasteiger partial charge in [-0.2, -0.15) is 0 Å². The van der Waals surface area contributed by atoms with Gasteiger partial charge in [-0.15, -0.1) is 0 Å². The van der Waals surface area contributed by atoms with Gasteiger partial charge in [-0.1, -0.05) is 38.3 Å². The molecule has 1 aromatic carbocycles. The van der Waals surface area contributed by atoms with Crippen LogP contribution >= 0.6 is 0 Å². The third kappa shape index (κ3) is 8.92. The number of hydrogen-bond donors (Lipinski definition) is 4. The number of aromatic hydroxyl groups is 1. The molecule has 5 N–H and O–H groups in total. The fourth-order valence-corrected chi connectivity index (χ4v) is 4.57. The summed E-state index contributed by atoms with van der Waals surface area (Å²) < 4.78 is 5.32. The summed E-state index contributed by atoms with van der Waals surface area (Å²) in [5.41, 5.74) is 4.24. The average Bonchev–Trinajstić information content (AvgIpc) is 2.81. The molecule has 38 heavy (non-hydrogen) atoms. The minimum absolute atomic E-state index is 0.0149. The SMILES string of the molecule is CCC(C)(C)N(C(=O)C(CC(N)=O)NC(=O)OC(C)(C)C)C(C(=O)NC1CCCCC1)c1ccc(O)cc1. The van der Waals surface area contributed by atoms with Gasteiger partial charge in [-0.25, -0.2) is 4.79 Å². The maximum Gasteiger partial charge on any atom is 0.408 e. The molecular weight excluding hydrogens is 488 g/mol. The lowest BCUT2D eigenvalue weighted by Gasteiger charge is -2.45. The highest BCUT2D eigenvalue weighted by molar-refractivity contribution is 5.95. The molecule has 0 aromatic heterocycles. The van der Waals surface area contributed by atoms with Gasteiger partial charge in [0.15, 0.2) is 0 Å². The number of carbonyl (C=O) groups is 4. The molecule has 0 saturated heterocycles. The fraction of sp³-hybridized carbons (Fsp3) is 0.643. The van der Waals surface area contributed by atoms with E-state index in [2.05, 4.69) is 10.6 Å². The van der Waals surface area contributed by atoms with E-state index >= 15 is 0 Å². The van der Waals surface area contributed by atoms with Crippen LogP contribution in [0.15, 0.2) is 24.3 Å². The van der Waals surface area contributed by atoms with Gasteiger partial charge in [-0.3, -0.25) is 14.4 Å². The number of ether oxygens (including phenoxy) is 1. The van der Waals surface area contributed by atoms with Gasteiger partial charge in [0.2, 0.25) is 17.7 Å². The molecule has 0 radical (unpaired) electrons. The number of phenols is 1. The van der Waals surface area contributed by atoms with E-state index in [-0.39, 0.29) is 17.7 Å². The number of nitrogens with zero attached hydrogens (tertiary/aromatic N) is 1. The van der Waals surface area contributed by atoms with E-state index in [4.69, 9.17) is 10.5 Å². The van der Waals surface area contributed by atoms with Crippen molar-refractivity contribution in [1.29, 1.82) is 0 Å². The van der Waals surface area contributed by atoms with Crippen molar-refractivity contribution in [2.45, 2.75) is 116 Å². The molecule has 2 atom stereocenters. The fourth-order valence-electron chi connectivity index (χ4n) is 4.57. The zero-order valence-electron chi connectivity index (χ0n) is 23.5. The van der Waals surface area contributed by atoms with Crippen molar-refractivity contribution >= 4 is 23.8 Å². The summed E-state index contributed by atoms with van der Waals surface area (Å²) >= 11 is 0. The predicted molar refractivity (Wildman–Crippen MR) is 144 cm³/mol. The molecule has 1 aliphatic rings. The van der Waals surface area contributed by atoms with Crippen molar-refractivity contribution in [1.82, 2.24) is 15.5 Å². The van der Waals surface area contributed by atoms with Crippen LogP contribution in [0.2, 0.25) is 0 Å². The lowest BCUT2D eigenvalue weighted by Crippen LogP contribution is -2.60. The van der Waals surface area contributed by atoms with Gasteiger partial charge in [0.05, 0.1) is 6.42 Å². The molecule has 10 nitrogen and oxygen atoms in total. The van der Waals surface area contributed by atoms with Crippen LogP contribution in [0.3, 0.4) is 0 Å². The van der Waals surface area contributed by atoms with Crippen LogP contribution in [0.1, 0.15) is 98.1 Å². The third-order valence-electron chi connectivity index (χ3n) is 6.82. The lowest BCUT2D eigenvalue weighted by atomic mass is 9.90. The maximum atomic E-state index is 14.2. The van der Waals surface area contributed by atoms with Crippen molar-refractivity contribution in [3.05, 3.63) is 29.8 Å². The summed E-state index contributed by atoms with van der Waals surface area (Å²) in [6.45, 7) is 10.6. The summed E-state index contributed by atoms with van der Waals surface area (Å²) in [5.74, 6) is -1.78. The first-order chi connectivity index (χ1) is 17.6. The van der Waals surface area contributed by atoms with E-state index in [1.165, 1.54) is 17.0 Å². The molecule has 1 aromatic rings. The lowest BCUT2D eigenvalue weighted by molar-refractivity contribution is -0.150. The number of rotatable bonds is 10. The Morgan fingerprint density at radius 2 is 1.63 bits per heavy atom. The summed E-state index contributed by atoms with van der Waals surface area (Å²) in [7, 11) is 0. The van der Waals surface area contributed by atoms with E-state index in [1.807, 2.05) is 20.8 Å². The smallest absolute Gasteiger partial charge is 0.408 e. The van der Waals surface area contributed by atoms with E-state index in [9.17, 15) is 24.3 Å². The number of hydrogen-bond acceptors (Lipinski definition) is 6.